The highest BCUT2D eigenvalue weighted by Crippen LogP contribution is 2.18. The van der Waals surface area contributed by atoms with Crippen LogP contribution in [0.3, 0.4) is 0 Å². The predicted octanol–water partition coefficient (Wildman–Crippen LogP) is 0.953. The highest BCUT2D eigenvalue weighted by Gasteiger charge is 2.17. The van der Waals surface area contributed by atoms with Gasteiger partial charge in [0.1, 0.15) is 17.6 Å². The molecule has 0 bridgehead atoms. The van der Waals surface area contributed by atoms with Crippen molar-refractivity contribution in [3.8, 4) is 0 Å². The van der Waals surface area contributed by atoms with E-state index in [0.717, 1.165) is 29.0 Å². The minimum absolute atomic E-state index is 0.000140. The Morgan fingerprint density at radius 1 is 1.30 bits per heavy atom. The van der Waals surface area contributed by atoms with Crippen LogP contribution in [-0.2, 0) is 31.5 Å². The van der Waals surface area contributed by atoms with Gasteiger partial charge in [0.15, 0.2) is 0 Å². The Morgan fingerprint density at radius 3 is 2.74 bits per heavy atom. The van der Waals surface area contributed by atoms with Crippen molar-refractivity contribution in [2.45, 2.75) is 33.5 Å². The fourth-order valence-electron chi connectivity index (χ4n) is 2.72. The van der Waals surface area contributed by atoms with Crippen molar-refractivity contribution < 1.29 is 4.79 Å². The number of carbonyl (C=O) groups is 1. The summed E-state index contributed by atoms with van der Waals surface area (Å²) in [5.41, 5.74) is 3.77. The van der Waals surface area contributed by atoms with Gasteiger partial charge in [-0.3, -0.25) is 18.8 Å². The van der Waals surface area contributed by atoms with Gasteiger partial charge in [-0.15, -0.1) is 0 Å². The first-order valence-corrected chi connectivity index (χ1v) is 7.61. The molecule has 3 heterocycles. The fraction of sp³-hybridized carbons (Fsp3) is 0.467. The molecule has 0 aliphatic heterocycles. The van der Waals surface area contributed by atoms with E-state index >= 15 is 0 Å². The van der Waals surface area contributed by atoms with E-state index in [1.165, 1.54) is 0 Å². The summed E-state index contributed by atoms with van der Waals surface area (Å²) in [6, 6.07) is 1.91. The molecule has 0 atom stereocenters. The van der Waals surface area contributed by atoms with Gasteiger partial charge in [-0.25, -0.2) is 0 Å². The highest BCUT2D eigenvalue weighted by atomic mass is 16.2. The standard InChI is InChI=1S/C15H21N7O/c1-5-21-13-8-17-22(15(13)11(2)18-21)10-14(23)19(3)9-12-6-7-16-20(12)4/h6-8H,5,9-10H2,1-4H3. The predicted molar refractivity (Wildman–Crippen MR) is 85.6 cm³/mol. The number of aromatic nitrogens is 6. The summed E-state index contributed by atoms with van der Waals surface area (Å²) in [7, 11) is 3.66. The zero-order valence-corrected chi connectivity index (χ0v) is 13.9. The summed E-state index contributed by atoms with van der Waals surface area (Å²) in [5.74, 6) is -0.000140. The Morgan fingerprint density at radius 2 is 2.09 bits per heavy atom. The van der Waals surface area contributed by atoms with Gasteiger partial charge in [-0.2, -0.15) is 15.3 Å². The van der Waals surface area contributed by atoms with Crippen LogP contribution in [0.1, 0.15) is 18.3 Å². The first-order chi connectivity index (χ1) is 11.0. The number of aryl methyl sites for hydroxylation is 3. The topological polar surface area (TPSA) is 73.8 Å². The lowest BCUT2D eigenvalue weighted by Gasteiger charge is -2.17. The van der Waals surface area contributed by atoms with Crippen molar-refractivity contribution in [2.75, 3.05) is 7.05 Å². The second-order valence-electron chi connectivity index (χ2n) is 5.63. The number of hydrogen-bond donors (Lipinski definition) is 0. The van der Waals surface area contributed by atoms with E-state index in [4.69, 9.17) is 0 Å². The number of likely N-dealkylation sites (N-methyl/N-ethyl adjacent to an activating group) is 1. The van der Waals surface area contributed by atoms with Crippen LogP contribution in [0.15, 0.2) is 18.5 Å². The van der Waals surface area contributed by atoms with Crippen molar-refractivity contribution in [3.05, 3.63) is 29.8 Å². The Balaban J connectivity index is 1.77. The van der Waals surface area contributed by atoms with E-state index in [9.17, 15) is 4.79 Å². The normalized spacial score (nSPS) is 11.3. The number of nitrogens with zero attached hydrogens (tertiary/aromatic N) is 7. The van der Waals surface area contributed by atoms with Crippen molar-refractivity contribution in [1.82, 2.24) is 34.2 Å². The van der Waals surface area contributed by atoms with E-state index in [2.05, 4.69) is 15.3 Å². The van der Waals surface area contributed by atoms with Gasteiger partial charge in [0.25, 0.3) is 0 Å². The van der Waals surface area contributed by atoms with Gasteiger partial charge < -0.3 is 4.90 Å². The van der Waals surface area contributed by atoms with E-state index < -0.39 is 0 Å². The molecule has 3 aromatic rings. The van der Waals surface area contributed by atoms with Gasteiger partial charge in [0, 0.05) is 26.8 Å². The molecule has 0 unspecified atom stereocenters. The highest BCUT2D eigenvalue weighted by molar-refractivity contribution is 5.81. The summed E-state index contributed by atoms with van der Waals surface area (Å²) < 4.78 is 5.40. The lowest BCUT2D eigenvalue weighted by molar-refractivity contribution is -0.131. The Hall–Kier alpha value is -2.64. The summed E-state index contributed by atoms with van der Waals surface area (Å²) in [6.07, 6.45) is 3.50. The van der Waals surface area contributed by atoms with Crippen LogP contribution in [-0.4, -0.2) is 47.2 Å². The van der Waals surface area contributed by atoms with Gasteiger partial charge in [-0.1, -0.05) is 0 Å². The molecule has 8 nitrogen and oxygen atoms in total. The molecule has 0 saturated heterocycles. The number of carbonyl (C=O) groups excluding carboxylic acids is 1. The molecule has 0 radical (unpaired) electrons. The second kappa shape index (κ2) is 5.86. The molecule has 0 N–H and O–H groups in total. The number of fused-ring (bicyclic) bond motifs is 1. The maximum Gasteiger partial charge on any atom is 0.244 e. The smallest absolute Gasteiger partial charge is 0.244 e. The van der Waals surface area contributed by atoms with Crippen LogP contribution in [0.2, 0.25) is 0 Å². The first kappa shape index (κ1) is 15.3. The van der Waals surface area contributed by atoms with Gasteiger partial charge in [-0.05, 0) is 19.9 Å². The van der Waals surface area contributed by atoms with Crippen molar-refractivity contribution >= 4 is 16.9 Å². The number of amides is 1. The minimum atomic E-state index is -0.000140. The van der Waals surface area contributed by atoms with Gasteiger partial charge in [0.2, 0.25) is 5.91 Å². The maximum absolute atomic E-state index is 12.5. The average Bonchev–Trinajstić information content (AvgIpc) is 3.19. The third-order valence-corrected chi connectivity index (χ3v) is 4.04. The monoisotopic (exact) mass is 315 g/mol. The Bertz CT molecular complexity index is 841. The lowest BCUT2D eigenvalue weighted by atomic mass is 10.3. The lowest BCUT2D eigenvalue weighted by Crippen LogP contribution is -2.30. The Kier molecular flexibility index (Phi) is 3.89. The van der Waals surface area contributed by atoms with E-state index in [1.807, 2.05) is 31.6 Å². The van der Waals surface area contributed by atoms with Crippen LogP contribution in [0.4, 0.5) is 0 Å². The summed E-state index contributed by atoms with van der Waals surface area (Å²) in [6.45, 7) is 5.48. The van der Waals surface area contributed by atoms with Crippen LogP contribution in [0.5, 0.6) is 0 Å². The van der Waals surface area contributed by atoms with Gasteiger partial charge >= 0.3 is 0 Å². The molecule has 0 aromatic carbocycles. The largest absolute Gasteiger partial charge is 0.338 e. The minimum Gasteiger partial charge on any atom is -0.338 e. The van der Waals surface area contributed by atoms with Crippen molar-refractivity contribution in [1.29, 1.82) is 0 Å². The van der Waals surface area contributed by atoms with E-state index in [0.29, 0.717) is 6.54 Å². The number of hydrogen-bond acceptors (Lipinski definition) is 4. The summed E-state index contributed by atoms with van der Waals surface area (Å²) in [5, 5.41) is 12.9. The molecule has 0 saturated carbocycles. The molecule has 8 heteroatoms. The molecule has 0 fully saturated rings. The third kappa shape index (κ3) is 2.71. The molecule has 122 valence electrons. The van der Waals surface area contributed by atoms with Crippen molar-refractivity contribution in [2.24, 2.45) is 7.05 Å². The quantitative estimate of drug-likeness (QED) is 0.703. The van der Waals surface area contributed by atoms with Gasteiger partial charge in [0.05, 0.1) is 24.1 Å². The van der Waals surface area contributed by atoms with Crippen LogP contribution >= 0.6 is 0 Å². The van der Waals surface area contributed by atoms with Crippen LogP contribution in [0.25, 0.3) is 11.0 Å². The molecule has 23 heavy (non-hydrogen) atoms. The maximum atomic E-state index is 12.5. The van der Waals surface area contributed by atoms with Crippen LogP contribution < -0.4 is 0 Å². The van der Waals surface area contributed by atoms with Crippen molar-refractivity contribution in [3.63, 3.8) is 0 Å². The fourth-order valence-corrected chi connectivity index (χ4v) is 2.72. The molecule has 3 aromatic heterocycles. The molecule has 0 aliphatic carbocycles. The SMILES string of the molecule is CCn1nc(C)c2c1cnn2CC(=O)N(C)Cc1ccnn1C. The molecular formula is C15H21N7O. The summed E-state index contributed by atoms with van der Waals surface area (Å²) >= 11 is 0. The second-order valence-corrected chi connectivity index (χ2v) is 5.63. The molecule has 0 spiro atoms. The molecule has 3 rings (SSSR count). The third-order valence-electron chi connectivity index (χ3n) is 4.04. The zero-order valence-electron chi connectivity index (χ0n) is 13.9. The number of rotatable bonds is 5. The molecule has 1 amide bonds. The van der Waals surface area contributed by atoms with E-state index in [1.54, 1.807) is 33.7 Å². The first-order valence-electron chi connectivity index (χ1n) is 7.61. The average molecular weight is 315 g/mol. The zero-order chi connectivity index (χ0) is 16.6. The molecule has 0 aliphatic rings. The molecular weight excluding hydrogens is 294 g/mol. The van der Waals surface area contributed by atoms with E-state index in [-0.39, 0.29) is 12.5 Å². The Labute approximate surface area is 134 Å². The summed E-state index contributed by atoms with van der Waals surface area (Å²) in [4.78, 5) is 14.2. The van der Waals surface area contributed by atoms with Crippen LogP contribution in [0, 0.1) is 6.92 Å².